The van der Waals surface area contributed by atoms with Crippen LogP contribution in [0.3, 0.4) is 0 Å². The summed E-state index contributed by atoms with van der Waals surface area (Å²) in [6, 6.07) is 5.05. The molecule has 0 aromatic carbocycles. The average Bonchev–Trinajstić information content (AvgIpc) is 2.56. The van der Waals surface area contributed by atoms with Crippen LogP contribution in [-0.4, -0.2) is 49.3 Å². The fourth-order valence-corrected chi connectivity index (χ4v) is 3.63. The third-order valence-corrected chi connectivity index (χ3v) is 4.70. The monoisotopic (exact) mass is 303 g/mol. The van der Waals surface area contributed by atoms with Crippen molar-refractivity contribution >= 4 is 5.82 Å². The smallest absolute Gasteiger partial charge is 0.128 e. The van der Waals surface area contributed by atoms with E-state index in [4.69, 9.17) is 9.72 Å². The molecule has 1 atom stereocenters. The molecule has 0 aliphatic carbocycles. The van der Waals surface area contributed by atoms with E-state index in [9.17, 15) is 0 Å². The Morgan fingerprint density at radius 3 is 2.68 bits per heavy atom. The van der Waals surface area contributed by atoms with Crippen molar-refractivity contribution in [2.24, 2.45) is 5.92 Å². The van der Waals surface area contributed by atoms with Gasteiger partial charge in [0.05, 0.1) is 13.2 Å². The van der Waals surface area contributed by atoms with E-state index in [1.165, 1.54) is 37.9 Å². The lowest BCUT2D eigenvalue weighted by Crippen LogP contribution is -2.37. The van der Waals surface area contributed by atoms with Crippen molar-refractivity contribution in [1.82, 2.24) is 9.88 Å². The lowest BCUT2D eigenvalue weighted by molar-refractivity contribution is 0.122. The number of nitrogens with zero attached hydrogens (tertiary/aromatic N) is 3. The number of rotatable bonds is 4. The summed E-state index contributed by atoms with van der Waals surface area (Å²) in [6.45, 7) is 10.6. The lowest BCUT2D eigenvalue weighted by Gasteiger charge is -2.37. The van der Waals surface area contributed by atoms with Gasteiger partial charge in [0.1, 0.15) is 5.82 Å². The number of anilines is 1. The second-order valence-electron chi connectivity index (χ2n) is 6.95. The molecule has 0 radical (unpaired) electrons. The first-order chi connectivity index (χ1) is 10.7. The van der Waals surface area contributed by atoms with Gasteiger partial charge in [-0.1, -0.05) is 26.3 Å². The average molecular weight is 303 g/mol. The largest absolute Gasteiger partial charge is 0.378 e. The highest BCUT2D eigenvalue weighted by atomic mass is 16.5. The molecule has 0 bridgehead atoms. The summed E-state index contributed by atoms with van der Waals surface area (Å²) in [5.74, 6) is 1.82. The maximum Gasteiger partial charge on any atom is 0.128 e. The number of piperidine rings is 1. The summed E-state index contributed by atoms with van der Waals surface area (Å²) < 4.78 is 5.41. The van der Waals surface area contributed by atoms with Crippen molar-refractivity contribution in [2.75, 3.05) is 44.3 Å². The number of aromatic nitrogens is 1. The van der Waals surface area contributed by atoms with Crippen LogP contribution < -0.4 is 4.90 Å². The molecule has 1 aromatic heterocycles. The lowest BCUT2D eigenvalue weighted by atomic mass is 9.95. The van der Waals surface area contributed by atoms with E-state index in [1.807, 2.05) is 0 Å². The molecule has 0 N–H and O–H groups in total. The topological polar surface area (TPSA) is 28.6 Å². The fourth-order valence-electron chi connectivity index (χ4n) is 3.63. The minimum atomic E-state index is 0.558. The van der Waals surface area contributed by atoms with Crippen molar-refractivity contribution in [3.05, 3.63) is 23.9 Å². The van der Waals surface area contributed by atoms with Crippen molar-refractivity contribution in [3.63, 3.8) is 0 Å². The number of hydrogen-bond donors (Lipinski definition) is 0. The van der Waals surface area contributed by atoms with E-state index in [0.29, 0.717) is 6.04 Å². The van der Waals surface area contributed by atoms with Gasteiger partial charge in [-0.25, -0.2) is 4.98 Å². The SMILES string of the molecule is CC(C)CN1CCCC[C@H]1c1ccc(N2CCOCC2)nc1. The standard InChI is InChI=1S/C18H29N3O/c1-15(2)14-21-8-4-3-5-17(21)16-6-7-18(19-13-16)20-9-11-22-12-10-20/h6-7,13,15,17H,3-5,8-12,14H2,1-2H3/t17-/m0/s1. The summed E-state index contributed by atoms with van der Waals surface area (Å²) in [5, 5.41) is 0. The van der Waals surface area contributed by atoms with Gasteiger partial charge in [-0.2, -0.15) is 0 Å². The van der Waals surface area contributed by atoms with Crippen LogP contribution in [0.2, 0.25) is 0 Å². The number of likely N-dealkylation sites (tertiary alicyclic amines) is 1. The minimum Gasteiger partial charge on any atom is -0.378 e. The molecule has 122 valence electrons. The molecule has 2 aliphatic heterocycles. The van der Waals surface area contributed by atoms with Gasteiger partial charge in [-0.15, -0.1) is 0 Å². The van der Waals surface area contributed by atoms with Gasteiger partial charge in [0.15, 0.2) is 0 Å². The Labute approximate surface area is 134 Å². The summed E-state index contributed by atoms with van der Waals surface area (Å²) in [6.07, 6.45) is 6.05. The van der Waals surface area contributed by atoms with Gasteiger partial charge in [0.2, 0.25) is 0 Å². The number of ether oxygens (including phenoxy) is 1. The quantitative estimate of drug-likeness (QED) is 0.854. The molecule has 4 nitrogen and oxygen atoms in total. The van der Waals surface area contributed by atoms with Crippen LogP contribution in [0.4, 0.5) is 5.82 Å². The summed E-state index contributed by atoms with van der Waals surface area (Å²) >= 11 is 0. The van der Waals surface area contributed by atoms with E-state index >= 15 is 0 Å². The van der Waals surface area contributed by atoms with Gasteiger partial charge in [-0.3, -0.25) is 4.90 Å². The van der Waals surface area contributed by atoms with Crippen LogP contribution in [0.5, 0.6) is 0 Å². The molecule has 0 saturated carbocycles. The molecular weight excluding hydrogens is 274 g/mol. The second-order valence-corrected chi connectivity index (χ2v) is 6.95. The Bertz CT molecular complexity index is 454. The van der Waals surface area contributed by atoms with E-state index in [0.717, 1.165) is 38.0 Å². The van der Waals surface area contributed by atoms with Crippen LogP contribution in [0.15, 0.2) is 18.3 Å². The van der Waals surface area contributed by atoms with E-state index < -0.39 is 0 Å². The Hall–Kier alpha value is -1.13. The normalized spacial score (nSPS) is 24.0. The zero-order chi connectivity index (χ0) is 15.4. The van der Waals surface area contributed by atoms with Crippen molar-refractivity contribution in [2.45, 2.75) is 39.2 Å². The zero-order valence-electron chi connectivity index (χ0n) is 14.0. The van der Waals surface area contributed by atoms with Crippen LogP contribution in [0.1, 0.15) is 44.7 Å². The van der Waals surface area contributed by atoms with Crippen molar-refractivity contribution in [1.29, 1.82) is 0 Å². The maximum atomic E-state index is 5.41. The molecule has 2 aliphatic rings. The third-order valence-electron chi connectivity index (χ3n) is 4.70. The summed E-state index contributed by atoms with van der Waals surface area (Å²) in [5.41, 5.74) is 1.39. The molecule has 0 amide bonds. The number of pyridine rings is 1. The zero-order valence-corrected chi connectivity index (χ0v) is 14.0. The highest BCUT2D eigenvalue weighted by Crippen LogP contribution is 2.31. The molecule has 1 aromatic rings. The molecule has 22 heavy (non-hydrogen) atoms. The van der Waals surface area contributed by atoms with Gasteiger partial charge >= 0.3 is 0 Å². The maximum absolute atomic E-state index is 5.41. The van der Waals surface area contributed by atoms with Gasteiger partial charge in [0.25, 0.3) is 0 Å². The van der Waals surface area contributed by atoms with Gasteiger partial charge in [0, 0.05) is 31.9 Å². The molecule has 4 heteroatoms. The van der Waals surface area contributed by atoms with Crippen LogP contribution in [0, 0.1) is 5.92 Å². The first kappa shape index (κ1) is 15.8. The molecule has 0 spiro atoms. The van der Waals surface area contributed by atoms with E-state index in [-0.39, 0.29) is 0 Å². The summed E-state index contributed by atoms with van der Waals surface area (Å²) in [7, 11) is 0. The van der Waals surface area contributed by atoms with E-state index in [1.54, 1.807) is 0 Å². The predicted molar refractivity (Wildman–Crippen MR) is 90.3 cm³/mol. The van der Waals surface area contributed by atoms with Crippen LogP contribution in [0.25, 0.3) is 0 Å². The Morgan fingerprint density at radius 2 is 2.00 bits per heavy atom. The molecule has 2 saturated heterocycles. The predicted octanol–water partition coefficient (Wildman–Crippen LogP) is 3.10. The molecular formula is C18H29N3O. The highest BCUT2D eigenvalue weighted by Gasteiger charge is 2.24. The Kier molecular flexibility index (Phi) is 5.32. The molecule has 3 heterocycles. The fraction of sp³-hybridized carbons (Fsp3) is 0.722. The Balaban J connectivity index is 1.70. The molecule has 2 fully saturated rings. The second kappa shape index (κ2) is 7.42. The molecule has 3 rings (SSSR count). The highest BCUT2D eigenvalue weighted by molar-refractivity contribution is 5.40. The minimum absolute atomic E-state index is 0.558. The summed E-state index contributed by atoms with van der Waals surface area (Å²) in [4.78, 5) is 9.71. The van der Waals surface area contributed by atoms with Crippen LogP contribution >= 0.6 is 0 Å². The van der Waals surface area contributed by atoms with Gasteiger partial charge < -0.3 is 9.64 Å². The van der Waals surface area contributed by atoms with E-state index in [2.05, 4.69) is 42.0 Å². The Morgan fingerprint density at radius 1 is 1.18 bits per heavy atom. The third kappa shape index (κ3) is 3.79. The molecule has 0 unspecified atom stereocenters. The van der Waals surface area contributed by atoms with Crippen molar-refractivity contribution in [3.8, 4) is 0 Å². The van der Waals surface area contributed by atoms with Gasteiger partial charge in [-0.05, 0) is 36.9 Å². The number of hydrogen-bond acceptors (Lipinski definition) is 4. The first-order valence-corrected chi connectivity index (χ1v) is 8.77. The number of morpholine rings is 1. The van der Waals surface area contributed by atoms with Crippen LogP contribution in [-0.2, 0) is 4.74 Å². The first-order valence-electron chi connectivity index (χ1n) is 8.77. The van der Waals surface area contributed by atoms with Crippen molar-refractivity contribution < 1.29 is 4.74 Å².